The third kappa shape index (κ3) is 5.47. The number of hydrogen-bond acceptors (Lipinski definition) is 2. The van der Waals surface area contributed by atoms with E-state index in [-0.39, 0.29) is 22.9 Å². The standard InChI is InChI=1S/C63H47NO/c1-62(2)53-29-12-10-26-51(53)59-50(28-16-31-55(59)62)49-25-11-14-32-57(49)64(44-35-37-48-47-24-9-13-30-54(47)63(3,56(48)39-44)42-20-5-4-6-21-42)43-22-15-19-41(38-43)45-27-17-33-58-60(45)52-36-34-40-18-7-8-23-46(40)61(52)65-58/h4-39,58,60H,1-3H3. The molecule has 0 saturated carbocycles. The minimum absolute atomic E-state index is 0.0717. The van der Waals surface area contributed by atoms with Gasteiger partial charge >= 0.3 is 0 Å². The molecule has 0 spiro atoms. The predicted molar refractivity (Wildman–Crippen MR) is 270 cm³/mol. The molecule has 3 atom stereocenters. The van der Waals surface area contributed by atoms with Gasteiger partial charge in [-0.1, -0.05) is 196 Å². The number of rotatable bonds is 6. The van der Waals surface area contributed by atoms with Crippen LogP contribution in [0, 0.1) is 0 Å². The molecule has 2 nitrogen and oxygen atoms in total. The van der Waals surface area contributed by atoms with Gasteiger partial charge in [0.05, 0.1) is 11.6 Å². The zero-order valence-electron chi connectivity index (χ0n) is 36.8. The lowest BCUT2D eigenvalue weighted by Crippen LogP contribution is -2.23. The SMILES string of the molecule is CC1(C)c2ccccc2-c2c(-c3ccccc3N(c3cccc(C4=CC=CC5Oc6c(ccc7ccccc67)C45)c3)c3ccc4c(c3)C(C)(c3ccccc3)c3ccccc3-4)cccc21. The first-order valence-electron chi connectivity index (χ1n) is 23.0. The number of hydrogen-bond donors (Lipinski definition) is 0. The van der Waals surface area contributed by atoms with Gasteiger partial charge in [0, 0.05) is 38.7 Å². The van der Waals surface area contributed by atoms with Gasteiger partial charge in [0.25, 0.3) is 0 Å². The van der Waals surface area contributed by atoms with E-state index >= 15 is 0 Å². The quantitative estimate of drug-likeness (QED) is 0.165. The Morgan fingerprint density at radius 1 is 0.492 bits per heavy atom. The molecular weight excluding hydrogens is 787 g/mol. The van der Waals surface area contributed by atoms with Crippen molar-refractivity contribution in [3.05, 3.63) is 257 Å². The second-order valence-corrected chi connectivity index (χ2v) is 18.8. The number of fused-ring (bicyclic) bond motifs is 11. The lowest BCUT2D eigenvalue weighted by molar-refractivity contribution is 0.274. The minimum atomic E-state index is -0.347. The number of para-hydroxylation sites is 1. The van der Waals surface area contributed by atoms with Crippen LogP contribution in [0.4, 0.5) is 17.1 Å². The van der Waals surface area contributed by atoms with Crippen molar-refractivity contribution < 1.29 is 4.74 Å². The van der Waals surface area contributed by atoms with E-state index in [2.05, 4.69) is 244 Å². The van der Waals surface area contributed by atoms with Crippen LogP contribution in [0.2, 0.25) is 0 Å². The van der Waals surface area contributed by atoms with Crippen LogP contribution in [-0.2, 0) is 10.8 Å². The lowest BCUT2D eigenvalue weighted by atomic mass is 9.74. The average Bonchev–Trinajstić information content (AvgIpc) is 3.96. The zero-order valence-corrected chi connectivity index (χ0v) is 36.8. The van der Waals surface area contributed by atoms with Crippen LogP contribution >= 0.6 is 0 Å². The summed E-state index contributed by atoms with van der Waals surface area (Å²) in [6, 6.07) is 74.5. The number of benzene rings is 9. The first-order chi connectivity index (χ1) is 31.9. The fourth-order valence-corrected chi connectivity index (χ4v) is 12.0. The molecule has 9 aromatic carbocycles. The van der Waals surface area contributed by atoms with Gasteiger partial charge in [-0.05, 0) is 115 Å². The van der Waals surface area contributed by atoms with Gasteiger partial charge in [-0.3, -0.25) is 0 Å². The van der Waals surface area contributed by atoms with Crippen LogP contribution in [0.25, 0.3) is 49.7 Å². The van der Waals surface area contributed by atoms with Gasteiger partial charge in [0.15, 0.2) is 0 Å². The molecule has 0 bridgehead atoms. The highest BCUT2D eigenvalue weighted by atomic mass is 16.5. The predicted octanol–water partition coefficient (Wildman–Crippen LogP) is 16.1. The Bertz CT molecular complexity index is 3480. The normalized spacial score (nSPS) is 19.0. The Balaban J connectivity index is 1.03. The Labute approximate surface area is 381 Å². The van der Waals surface area contributed by atoms with E-state index in [1.165, 1.54) is 88.7 Å². The second kappa shape index (κ2) is 14.2. The van der Waals surface area contributed by atoms with Gasteiger partial charge in [0.2, 0.25) is 0 Å². The zero-order chi connectivity index (χ0) is 43.4. The Morgan fingerprint density at radius 2 is 1.17 bits per heavy atom. The highest BCUT2D eigenvalue weighted by molar-refractivity contribution is 5.99. The summed E-state index contributed by atoms with van der Waals surface area (Å²) in [5, 5.41) is 2.37. The van der Waals surface area contributed by atoms with E-state index in [4.69, 9.17) is 4.74 Å². The smallest absolute Gasteiger partial charge is 0.132 e. The Hall–Kier alpha value is -7.68. The highest BCUT2D eigenvalue weighted by Gasteiger charge is 2.42. The molecule has 3 aliphatic carbocycles. The molecule has 13 rings (SSSR count). The molecule has 1 heterocycles. The summed E-state index contributed by atoms with van der Waals surface area (Å²) >= 11 is 0. The summed E-state index contributed by atoms with van der Waals surface area (Å²) in [5.74, 6) is 1.08. The fourth-order valence-electron chi connectivity index (χ4n) is 12.0. The molecule has 1 aliphatic heterocycles. The van der Waals surface area contributed by atoms with Crippen LogP contribution in [0.5, 0.6) is 5.75 Å². The maximum atomic E-state index is 6.82. The number of anilines is 3. The topological polar surface area (TPSA) is 12.5 Å². The van der Waals surface area contributed by atoms with Gasteiger partial charge in [-0.25, -0.2) is 0 Å². The molecule has 0 N–H and O–H groups in total. The summed E-state index contributed by atoms with van der Waals surface area (Å²) < 4.78 is 6.82. The summed E-state index contributed by atoms with van der Waals surface area (Å²) in [5.41, 5.74) is 21.0. The van der Waals surface area contributed by atoms with Crippen LogP contribution in [0.1, 0.15) is 65.6 Å². The van der Waals surface area contributed by atoms with Crippen LogP contribution in [-0.4, -0.2) is 6.10 Å². The maximum absolute atomic E-state index is 6.82. The van der Waals surface area contributed by atoms with Gasteiger partial charge < -0.3 is 9.64 Å². The van der Waals surface area contributed by atoms with Crippen molar-refractivity contribution in [1.82, 2.24) is 0 Å². The van der Waals surface area contributed by atoms with E-state index < -0.39 is 0 Å². The number of ether oxygens (including phenoxy) is 1. The summed E-state index contributed by atoms with van der Waals surface area (Å²) in [6.07, 6.45) is 6.63. The summed E-state index contributed by atoms with van der Waals surface area (Å²) in [7, 11) is 0. The second-order valence-electron chi connectivity index (χ2n) is 18.8. The monoisotopic (exact) mass is 833 g/mol. The van der Waals surface area contributed by atoms with E-state index in [0.29, 0.717) is 0 Å². The molecule has 4 aliphatic rings. The molecule has 0 amide bonds. The largest absolute Gasteiger partial charge is 0.484 e. The van der Waals surface area contributed by atoms with Crippen LogP contribution in [0.3, 0.4) is 0 Å². The fraction of sp³-hybridized carbons (Fsp3) is 0.111. The van der Waals surface area contributed by atoms with Crippen molar-refractivity contribution in [1.29, 1.82) is 0 Å². The third-order valence-corrected chi connectivity index (χ3v) is 15.1. The van der Waals surface area contributed by atoms with E-state index in [1.807, 2.05) is 0 Å². The highest BCUT2D eigenvalue weighted by Crippen LogP contribution is 2.57. The molecule has 0 aromatic heterocycles. The Kier molecular flexibility index (Phi) is 8.24. The molecule has 0 radical (unpaired) electrons. The van der Waals surface area contributed by atoms with Crippen molar-refractivity contribution in [3.8, 4) is 39.1 Å². The molecule has 0 fully saturated rings. The van der Waals surface area contributed by atoms with Gasteiger partial charge in [-0.15, -0.1) is 0 Å². The third-order valence-electron chi connectivity index (χ3n) is 15.1. The maximum Gasteiger partial charge on any atom is 0.132 e. The number of nitrogens with zero attached hydrogens (tertiary/aromatic N) is 1. The van der Waals surface area contributed by atoms with Crippen molar-refractivity contribution >= 4 is 33.4 Å². The lowest BCUT2D eigenvalue weighted by Gasteiger charge is -2.32. The van der Waals surface area contributed by atoms with Gasteiger partial charge in [0.1, 0.15) is 11.9 Å². The number of allylic oxidation sites excluding steroid dienone is 2. The van der Waals surface area contributed by atoms with Crippen molar-refractivity contribution in [2.45, 2.75) is 43.6 Å². The molecule has 0 saturated heterocycles. The first kappa shape index (κ1) is 37.8. The molecule has 2 heteroatoms. The van der Waals surface area contributed by atoms with E-state index in [9.17, 15) is 0 Å². The van der Waals surface area contributed by atoms with Gasteiger partial charge in [-0.2, -0.15) is 0 Å². The average molecular weight is 834 g/mol. The first-order valence-corrected chi connectivity index (χ1v) is 23.0. The molecular formula is C63H47NO. The van der Waals surface area contributed by atoms with Crippen LogP contribution in [0.15, 0.2) is 218 Å². The Morgan fingerprint density at radius 3 is 2.05 bits per heavy atom. The van der Waals surface area contributed by atoms with Crippen molar-refractivity contribution in [2.24, 2.45) is 0 Å². The molecule has 3 unspecified atom stereocenters. The molecule has 310 valence electrons. The van der Waals surface area contributed by atoms with Crippen molar-refractivity contribution in [3.63, 3.8) is 0 Å². The summed E-state index contributed by atoms with van der Waals surface area (Å²) in [6.45, 7) is 7.15. The van der Waals surface area contributed by atoms with E-state index in [0.717, 1.165) is 22.8 Å². The molecule has 65 heavy (non-hydrogen) atoms. The minimum Gasteiger partial charge on any atom is -0.484 e. The van der Waals surface area contributed by atoms with Crippen LogP contribution < -0.4 is 9.64 Å². The summed E-state index contributed by atoms with van der Waals surface area (Å²) in [4.78, 5) is 2.52. The molecule has 9 aromatic rings. The van der Waals surface area contributed by atoms with E-state index in [1.54, 1.807) is 0 Å². The van der Waals surface area contributed by atoms with Crippen molar-refractivity contribution in [2.75, 3.05) is 4.90 Å².